The first-order chi connectivity index (χ1) is 17.3. The van der Waals surface area contributed by atoms with Crippen LogP contribution in [0.15, 0.2) is 65.6 Å². The number of ether oxygens (including phenoxy) is 2. The average molecular weight is 506 g/mol. The lowest BCUT2D eigenvalue weighted by Crippen LogP contribution is -2.32. The Morgan fingerprint density at radius 1 is 1.08 bits per heavy atom. The number of aromatic nitrogens is 2. The summed E-state index contributed by atoms with van der Waals surface area (Å²) >= 11 is 0. The van der Waals surface area contributed by atoms with Gasteiger partial charge in [-0.3, -0.25) is 4.79 Å². The topological polar surface area (TPSA) is 102 Å². The normalized spacial score (nSPS) is 13.8. The molecule has 0 fully saturated rings. The average Bonchev–Trinajstić information content (AvgIpc) is 3.16. The van der Waals surface area contributed by atoms with Crippen molar-refractivity contribution in [3.63, 3.8) is 0 Å². The first-order valence-corrected chi connectivity index (χ1v) is 13.5. The molecule has 186 valence electrons. The van der Waals surface area contributed by atoms with Crippen molar-refractivity contribution in [1.29, 1.82) is 0 Å². The number of amides is 1. The van der Waals surface area contributed by atoms with E-state index in [4.69, 9.17) is 9.47 Å². The Bertz CT molecular complexity index is 1530. The van der Waals surface area contributed by atoms with Gasteiger partial charge in [-0.1, -0.05) is 12.1 Å². The van der Waals surface area contributed by atoms with Crippen molar-refractivity contribution >= 4 is 26.8 Å². The zero-order valence-electron chi connectivity index (χ0n) is 20.2. The molecule has 36 heavy (non-hydrogen) atoms. The molecule has 5 rings (SSSR count). The van der Waals surface area contributed by atoms with Gasteiger partial charge in [0.15, 0.2) is 9.84 Å². The number of nitrogens with zero attached hydrogens (tertiary/aromatic N) is 2. The van der Waals surface area contributed by atoms with E-state index in [1.54, 1.807) is 24.1 Å². The summed E-state index contributed by atoms with van der Waals surface area (Å²) in [5, 5.41) is 0. The van der Waals surface area contributed by atoms with Crippen molar-refractivity contribution in [2.24, 2.45) is 0 Å². The standard InChI is InChI=1S/C27H27N3O5S/c1-34-13-11-26-28-23-9-5-20(16-24(23)29-26)19-6-10-25-21(15-19)17-30(12-14-35-25)27(31)18-3-7-22(8-4-18)36(2,32)33/h3-10,15-16H,11-14,17H2,1-2H3,(H,28,29). The van der Waals surface area contributed by atoms with Crippen LogP contribution in [0.4, 0.5) is 0 Å². The minimum absolute atomic E-state index is 0.167. The SMILES string of the molecule is COCCc1nc2ccc(-c3ccc4c(c3)CN(C(=O)c3ccc(S(C)(=O)=O)cc3)CCO4)cc2[nH]1. The minimum atomic E-state index is -3.32. The number of hydrogen-bond acceptors (Lipinski definition) is 6. The van der Waals surface area contributed by atoms with Gasteiger partial charge < -0.3 is 19.4 Å². The zero-order valence-corrected chi connectivity index (χ0v) is 21.0. The van der Waals surface area contributed by atoms with Crippen LogP contribution in [0, 0.1) is 0 Å². The molecule has 4 aromatic rings. The number of imidazole rings is 1. The highest BCUT2D eigenvalue weighted by Crippen LogP contribution is 2.31. The van der Waals surface area contributed by atoms with E-state index < -0.39 is 9.84 Å². The molecule has 0 bridgehead atoms. The fourth-order valence-electron chi connectivity index (χ4n) is 4.33. The summed E-state index contributed by atoms with van der Waals surface area (Å²) < 4.78 is 34.6. The number of fused-ring (bicyclic) bond motifs is 2. The fourth-order valence-corrected chi connectivity index (χ4v) is 4.96. The second-order valence-corrected chi connectivity index (χ2v) is 10.9. The number of rotatable bonds is 6. The third kappa shape index (κ3) is 4.98. The Kier molecular flexibility index (Phi) is 6.51. The molecule has 8 nitrogen and oxygen atoms in total. The summed E-state index contributed by atoms with van der Waals surface area (Å²) in [6, 6.07) is 18.2. The number of aromatic amines is 1. The Morgan fingerprint density at radius 2 is 1.83 bits per heavy atom. The van der Waals surface area contributed by atoms with Gasteiger partial charge in [0.2, 0.25) is 0 Å². The summed E-state index contributed by atoms with van der Waals surface area (Å²) in [6.07, 6.45) is 1.87. The molecule has 0 saturated heterocycles. The summed E-state index contributed by atoms with van der Waals surface area (Å²) in [6.45, 7) is 1.81. The number of carbonyl (C=O) groups excluding carboxylic acids is 1. The van der Waals surface area contributed by atoms with Crippen LogP contribution in [0.1, 0.15) is 21.7 Å². The van der Waals surface area contributed by atoms with Crippen molar-refractivity contribution in [3.8, 4) is 16.9 Å². The van der Waals surface area contributed by atoms with Gasteiger partial charge in [-0.05, 0) is 59.7 Å². The van der Waals surface area contributed by atoms with Gasteiger partial charge in [0, 0.05) is 37.5 Å². The molecule has 1 aliphatic heterocycles. The second-order valence-electron chi connectivity index (χ2n) is 8.85. The highest BCUT2D eigenvalue weighted by Gasteiger charge is 2.22. The van der Waals surface area contributed by atoms with Crippen molar-refractivity contribution in [3.05, 3.63) is 77.6 Å². The highest BCUT2D eigenvalue weighted by molar-refractivity contribution is 7.90. The Morgan fingerprint density at radius 3 is 2.58 bits per heavy atom. The van der Waals surface area contributed by atoms with Gasteiger partial charge >= 0.3 is 0 Å². The quantitative estimate of drug-likeness (QED) is 0.427. The van der Waals surface area contributed by atoms with E-state index in [0.29, 0.717) is 31.9 Å². The van der Waals surface area contributed by atoms with E-state index in [9.17, 15) is 13.2 Å². The molecule has 3 aromatic carbocycles. The van der Waals surface area contributed by atoms with Crippen LogP contribution in [0.3, 0.4) is 0 Å². The third-order valence-electron chi connectivity index (χ3n) is 6.26. The monoisotopic (exact) mass is 505 g/mol. The number of H-pyrrole nitrogens is 1. The Balaban J connectivity index is 1.39. The fraction of sp³-hybridized carbons (Fsp3) is 0.259. The predicted octanol–water partition coefficient (Wildman–Crippen LogP) is 3.86. The molecule has 2 heterocycles. The summed E-state index contributed by atoms with van der Waals surface area (Å²) in [5.74, 6) is 1.48. The number of benzene rings is 3. The number of methoxy groups -OCH3 is 1. The van der Waals surface area contributed by atoms with Gasteiger partial charge in [-0.15, -0.1) is 0 Å². The van der Waals surface area contributed by atoms with E-state index >= 15 is 0 Å². The Hall–Kier alpha value is -3.69. The number of nitrogens with one attached hydrogen (secondary N) is 1. The first kappa shape index (κ1) is 24.0. The van der Waals surface area contributed by atoms with E-state index in [0.717, 1.165) is 52.0 Å². The molecule has 0 unspecified atom stereocenters. The summed E-state index contributed by atoms with van der Waals surface area (Å²) in [4.78, 5) is 23.1. The van der Waals surface area contributed by atoms with Crippen molar-refractivity contribution < 1.29 is 22.7 Å². The van der Waals surface area contributed by atoms with Gasteiger partial charge in [0.1, 0.15) is 18.2 Å². The molecule has 0 atom stereocenters. The molecule has 1 aromatic heterocycles. The van der Waals surface area contributed by atoms with Crippen molar-refractivity contribution in [2.45, 2.75) is 17.9 Å². The smallest absolute Gasteiger partial charge is 0.254 e. The van der Waals surface area contributed by atoms with Crippen LogP contribution in [-0.4, -0.2) is 62.3 Å². The lowest BCUT2D eigenvalue weighted by Gasteiger charge is -2.20. The first-order valence-electron chi connectivity index (χ1n) is 11.6. The van der Waals surface area contributed by atoms with Crippen molar-refractivity contribution in [1.82, 2.24) is 14.9 Å². The van der Waals surface area contributed by atoms with E-state index in [1.165, 1.54) is 12.1 Å². The maximum atomic E-state index is 13.2. The van der Waals surface area contributed by atoms with Crippen LogP contribution < -0.4 is 4.74 Å². The van der Waals surface area contributed by atoms with Gasteiger partial charge in [-0.25, -0.2) is 13.4 Å². The molecule has 9 heteroatoms. The van der Waals surface area contributed by atoms with Crippen LogP contribution in [-0.2, 0) is 27.5 Å². The van der Waals surface area contributed by atoms with E-state index in [2.05, 4.69) is 22.1 Å². The van der Waals surface area contributed by atoms with Crippen LogP contribution in [0.5, 0.6) is 5.75 Å². The summed E-state index contributed by atoms with van der Waals surface area (Å²) in [7, 11) is -1.65. The highest BCUT2D eigenvalue weighted by atomic mass is 32.2. The summed E-state index contributed by atoms with van der Waals surface area (Å²) in [5.41, 5.74) is 5.26. The maximum absolute atomic E-state index is 13.2. The van der Waals surface area contributed by atoms with E-state index in [1.807, 2.05) is 24.3 Å². The molecule has 0 radical (unpaired) electrons. The zero-order chi connectivity index (χ0) is 25.3. The molecule has 0 aliphatic carbocycles. The van der Waals surface area contributed by atoms with Gasteiger partial charge in [0.05, 0.1) is 29.1 Å². The lowest BCUT2D eigenvalue weighted by molar-refractivity contribution is 0.0733. The predicted molar refractivity (Wildman–Crippen MR) is 137 cm³/mol. The molecule has 1 aliphatic rings. The molecular weight excluding hydrogens is 478 g/mol. The molecule has 0 saturated carbocycles. The van der Waals surface area contributed by atoms with Crippen LogP contribution in [0.2, 0.25) is 0 Å². The minimum Gasteiger partial charge on any atom is -0.491 e. The number of sulfone groups is 1. The maximum Gasteiger partial charge on any atom is 0.254 e. The van der Waals surface area contributed by atoms with Crippen LogP contribution >= 0.6 is 0 Å². The lowest BCUT2D eigenvalue weighted by atomic mass is 10.0. The van der Waals surface area contributed by atoms with Crippen LogP contribution in [0.25, 0.3) is 22.2 Å². The largest absolute Gasteiger partial charge is 0.491 e. The number of hydrogen-bond donors (Lipinski definition) is 1. The molecular formula is C27H27N3O5S. The number of carbonyl (C=O) groups is 1. The second kappa shape index (κ2) is 9.75. The molecule has 0 spiro atoms. The molecule has 1 N–H and O–H groups in total. The molecule has 1 amide bonds. The van der Waals surface area contributed by atoms with Gasteiger partial charge in [0.25, 0.3) is 5.91 Å². The van der Waals surface area contributed by atoms with Gasteiger partial charge in [-0.2, -0.15) is 0 Å². The van der Waals surface area contributed by atoms with Crippen molar-refractivity contribution in [2.75, 3.05) is 33.1 Å². The van der Waals surface area contributed by atoms with E-state index in [-0.39, 0.29) is 10.8 Å². The Labute approximate surface area is 209 Å². The third-order valence-corrected chi connectivity index (χ3v) is 7.39.